The maximum Gasteiger partial charge on any atom is 0.326 e. The van der Waals surface area contributed by atoms with Crippen molar-refractivity contribution >= 4 is 59.1 Å². The molecule has 1 aliphatic carbocycles. The Morgan fingerprint density at radius 3 is 2.12 bits per heavy atom. The minimum absolute atomic E-state index is 0.0403. The zero-order valence-electron chi connectivity index (χ0n) is 48.4. The van der Waals surface area contributed by atoms with Crippen LogP contribution in [0.15, 0.2) is 30.3 Å². The van der Waals surface area contributed by atoms with Crippen LogP contribution in [0.1, 0.15) is 145 Å². The van der Waals surface area contributed by atoms with E-state index in [0.29, 0.717) is 43.2 Å². The van der Waals surface area contributed by atoms with Crippen LogP contribution in [0.5, 0.6) is 0 Å². The first kappa shape index (κ1) is 64.9. The van der Waals surface area contributed by atoms with Gasteiger partial charge < -0.3 is 39.9 Å². The number of carboxylic acid groups (broad SMARTS) is 1. The zero-order chi connectivity index (χ0) is 57.5. The first-order valence-electron chi connectivity index (χ1n) is 28.1. The molecule has 0 aromatic heterocycles. The number of imide groups is 1. The minimum atomic E-state index is -1.43. The summed E-state index contributed by atoms with van der Waals surface area (Å²) in [6.07, 6.45) is 3.76. The Bertz CT molecular complexity index is 2150. The van der Waals surface area contributed by atoms with Gasteiger partial charge in [0.1, 0.15) is 24.3 Å². The number of amides is 7. The van der Waals surface area contributed by atoms with Gasteiger partial charge in [0.05, 0.1) is 48.4 Å². The summed E-state index contributed by atoms with van der Waals surface area (Å²) in [7, 11) is 5.99. The summed E-state index contributed by atoms with van der Waals surface area (Å²) in [6.45, 7) is 17.4. The van der Waals surface area contributed by atoms with E-state index in [1.54, 1.807) is 63.1 Å². The number of alkyl halides is 1. The summed E-state index contributed by atoms with van der Waals surface area (Å²) in [5.41, 5.74) is 1.04. The predicted octanol–water partition coefficient (Wildman–Crippen LogP) is 6.93. The molecule has 3 fully saturated rings. The number of methoxy groups -OCH3 is 2. The lowest BCUT2D eigenvalue weighted by Gasteiger charge is -2.41. The van der Waals surface area contributed by atoms with Crippen LogP contribution in [0.25, 0.3) is 0 Å². The van der Waals surface area contributed by atoms with Crippen LogP contribution in [0.2, 0.25) is 0 Å². The molecule has 2 aliphatic heterocycles. The molecular weight excluding hydrogens is 1010 g/mol. The fourth-order valence-corrected chi connectivity index (χ4v) is 12.5. The van der Waals surface area contributed by atoms with Gasteiger partial charge in [0, 0.05) is 60.5 Å². The van der Waals surface area contributed by atoms with E-state index in [4.69, 9.17) is 9.47 Å². The Balaban J connectivity index is 1.35. The van der Waals surface area contributed by atoms with E-state index >= 15 is 4.39 Å². The standard InChI is InChI=1S/C58H93FN6O11S/c1-14-37(6)51(44(75-12)32-47(67)65-34-41(59)31-43(65)52(76-13)38(7)53(69)60-42(57(73)74)30-39-22-17-15-18-23-39)63(11)56(72)49(35(2)3)61-54(70)50(36(4)5)62(10)46(66)24-19-16-20-28-64-48(68)33-45(55(64)71)77-29-21-27-58(8,9)40-25-26-40/h15,17-18,22-23,35-38,40-45,49-52H,14,16,19-21,24-34H2,1-13H3,(H,60,69)(H,61,70)(H,73,74)/t37-,38?,41?,42?,43-,44?,45?,49-,50?,51?,52?/m0/s1. The average Bonchev–Trinajstić information content (AvgIpc) is 4.14. The molecule has 4 rings (SSSR count). The van der Waals surface area contributed by atoms with E-state index in [0.717, 1.165) is 24.5 Å². The second kappa shape index (κ2) is 30.1. The van der Waals surface area contributed by atoms with E-state index in [1.807, 2.05) is 41.5 Å². The van der Waals surface area contributed by atoms with Crippen molar-refractivity contribution in [3.05, 3.63) is 35.9 Å². The number of likely N-dealkylation sites (tertiary alicyclic amines) is 2. The molecule has 2 heterocycles. The number of nitrogens with one attached hydrogen (secondary N) is 2. The third-order valence-electron chi connectivity index (χ3n) is 16.5. The summed E-state index contributed by atoms with van der Waals surface area (Å²) >= 11 is 1.59. The number of thioether (sulfide) groups is 1. The second-order valence-electron chi connectivity index (χ2n) is 23.4. The molecule has 3 N–H and O–H groups in total. The van der Waals surface area contributed by atoms with Crippen LogP contribution in [0.3, 0.4) is 0 Å². The summed E-state index contributed by atoms with van der Waals surface area (Å²) in [4.78, 5) is 114. The van der Waals surface area contributed by atoms with Crippen LogP contribution >= 0.6 is 11.8 Å². The Hall–Kier alpha value is -4.62. The molecule has 0 spiro atoms. The van der Waals surface area contributed by atoms with E-state index in [-0.39, 0.29) is 73.5 Å². The van der Waals surface area contributed by atoms with E-state index in [1.165, 1.54) is 46.7 Å². The number of hydrogen-bond donors (Lipinski definition) is 3. The van der Waals surface area contributed by atoms with Gasteiger partial charge in [-0.3, -0.25) is 38.5 Å². The van der Waals surface area contributed by atoms with Crippen LogP contribution in [-0.2, 0) is 54.3 Å². The van der Waals surface area contributed by atoms with Gasteiger partial charge in [-0.1, -0.05) is 105 Å². The van der Waals surface area contributed by atoms with Crippen molar-refractivity contribution in [1.82, 2.24) is 30.2 Å². The number of carboxylic acids is 1. The molecule has 11 atom stereocenters. The summed E-state index contributed by atoms with van der Waals surface area (Å²) in [5, 5.41) is 15.2. The Morgan fingerprint density at radius 2 is 1.55 bits per heavy atom. The second-order valence-corrected chi connectivity index (χ2v) is 24.7. The number of nitrogens with zero attached hydrogens (tertiary/aromatic N) is 4. The third kappa shape index (κ3) is 17.9. The van der Waals surface area contributed by atoms with Gasteiger partial charge in [-0.25, -0.2) is 9.18 Å². The highest BCUT2D eigenvalue weighted by molar-refractivity contribution is 8.00. The van der Waals surface area contributed by atoms with Crippen molar-refractivity contribution in [3.8, 4) is 0 Å². The lowest BCUT2D eigenvalue weighted by molar-refractivity contribution is -0.149. The first-order valence-corrected chi connectivity index (χ1v) is 29.2. The van der Waals surface area contributed by atoms with Crippen LogP contribution in [0, 0.1) is 35.0 Å². The molecule has 17 nitrogen and oxygen atoms in total. The first-order chi connectivity index (χ1) is 36.3. The fourth-order valence-electron chi connectivity index (χ4n) is 11.4. The lowest BCUT2D eigenvalue weighted by atomic mass is 9.83. The van der Waals surface area contributed by atoms with Gasteiger partial charge in [0.2, 0.25) is 41.4 Å². The SMILES string of the molecule is CC[C@H](C)C(C(CC(=O)N1CC(F)C[C@H]1C(OC)C(C)C(=O)NC(Cc1ccccc1)C(=O)O)OC)N(C)C(=O)[C@@H](NC(=O)C(C(C)C)N(C)C(=O)CCCCCN1C(=O)CC(SCCCC(C)(C)C2CC2)C1=O)C(C)C. The summed E-state index contributed by atoms with van der Waals surface area (Å²) < 4.78 is 27.2. The fraction of sp³-hybridized carbons (Fsp3) is 0.759. The van der Waals surface area contributed by atoms with Crippen LogP contribution in [-0.4, -0.2) is 173 Å². The maximum absolute atomic E-state index is 15.4. The number of rotatable bonds is 33. The zero-order valence-corrected chi connectivity index (χ0v) is 49.2. The molecule has 77 heavy (non-hydrogen) atoms. The highest BCUT2D eigenvalue weighted by Crippen LogP contribution is 2.48. The monoisotopic (exact) mass is 1100 g/mol. The molecule has 1 aromatic rings. The molecule has 1 aromatic carbocycles. The molecular formula is C58H93FN6O11S. The third-order valence-corrected chi connectivity index (χ3v) is 17.8. The average molecular weight is 1100 g/mol. The molecule has 2 saturated heterocycles. The number of likely N-dealkylation sites (N-methyl/N-ethyl adjacent to an activating group) is 2. The topological polar surface area (TPSA) is 212 Å². The number of ether oxygens (including phenoxy) is 2. The van der Waals surface area contributed by atoms with Crippen molar-refractivity contribution in [3.63, 3.8) is 0 Å². The number of benzene rings is 1. The van der Waals surface area contributed by atoms with Gasteiger partial charge >= 0.3 is 5.97 Å². The summed E-state index contributed by atoms with van der Waals surface area (Å²) in [5.74, 6) is -4.01. The molecule has 3 aliphatic rings. The van der Waals surface area contributed by atoms with Crippen LogP contribution < -0.4 is 10.6 Å². The smallest absolute Gasteiger partial charge is 0.326 e. The van der Waals surface area contributed by atoms with E-state index in [9.17, 15) is 43.5 Å². The predicted molar refractivity (Wildman–Crippen MR) is 296 cm³/mol. The van der Waals surface area contributed by atoms with Crippen molar-refractivity contribution in [2.75, 3.05) is 47.2 Å². The van der Waals surface area contributed by atoms with Crippen molar-refractivity contribution in [1.29, 1.82) is 0 Å². The Morgan fingerprint density at radius 1 is 0.883 bits per heavy atom. The molecule has 1 saturated carbocycles. The van der Waals surface area contributed by atoms with Crippen molar-refractivity contribution in [2.45, 2.75) is 200 Å². The van der Waals surface area contributed by atoms with Gasteiger partial charge in [-0.15, -0.1) is 11.8 Å². The molecule has 7 amide bonds. The number of halogens is 1. The largest absolute Gasteiger partial charge is 0.480 e. The van der Waals surface area contributed by atoms with E-state index < -0.39 is 90.0 Å². The van der Waals surface area contributed by atoms with Crippen molar-refractivity contribution < 1.29 is 57.3 Å². The van der Waals surface area contributed by atoms with Gasteiger partial charge in [-0.05, 0) is 78.9 Å². The summed E-state index contributed by atoms with van der Waals surface area (Å²) in [6, 6.07) is 4.14. The molecule has 434 valence electrons. The number of carbonyl (C=O) groups is 8. The number of hydrogen-bond acceptors (Lipinski definition) is 11. The molecule has 8 unspecified atom stereocenters. The minimum Gasteiger partial charge on any atom is -0.480 e. The normalized spacial score (nSPS) is 21.1. The van der Waals surface area contributed by atoms with Gasteiger partial charge in [-0.2, -0.15) is 0 Å². The maximum atomic E-state index is 15.4. The van der Waals surface area contributed by atoms with Crippen molar-refractivity contribution in [2.24, 2.45) is 35.0 Å². The van der Waals surface area contributed by atoms with E-state index in [2.05, 4.69) is 24.5 Å². The highest BCUT2D eigenvalue weighted by Gasteiger charge is 2.47. The lowest BCUT2D eigenvalue weighted by Crippen LogP contribution is -2.60. The van der Waals surface area contributed by atoms with Gasteiger partial charge in [0.25, 0.3) is 0 Å². The number of unbranched alkanes of at least 4 members (excludes halogenated alkanes) is 2. The number of carbonyl (C=O) groups excluding carboxylic acids is 7. The van der Waals surface area contributed by atoms with Gasteiger partial charge in [0.15, 0.2) is 0 Å². The quantitative estimate of drug-likeness (QED) is 0.0483. The Kier molecular flexibility index (Phi) is 25.4. The molecule has 19 heteroatoms. The molecule has 0 radical (unpaired) electrons. The Labute approximate surface area is 462 Å². The number of aliphatic carboxylic acids is 1. The highest BCUT2D eigenvalue weighted by atomic mass is 32.2. The van der Waals surface area contributed by atoms with Crippen LogP contribution in [0.4, 0.5) is 4.39 Å². The molecule has 0 bridgehead atoms.